The van der Waals surface area contributed by atoms with Gasteiger partial charge < -0.3 is 20.2 Å². The van der Waals surface area contributed by atoms with Crippen LogP contribution in [0.4, 0.5) is 24.7 Å². The summed E-state index contributed by atoms with van der Waals surface area (Å²) < 4.78 is 39.0. The molecular formula is C27H31F3N4O. The second kappa shape index (κ2) is 10.1. The highest BCUT2D eigenvalue weighted by Crippen LogP contribution is 2.37. The quantitative estimate of drug-likeness (QED) is 0.640. The molecule has 4 atom stereocenters. The third-order valence-corrected chi connectivity index (χ3v) is 7.49. The number of hydrogen-bond acceptors (Lipinski definition) is 5. The highest BCUT2D eigenvalue weighted by atomic mass is 19.4. The van der Waals surface area contributed by atoms with E-state index in [1.165, 1.54) is 25.0 Å². The number of halogens is 3. The molecule has 2 saturated heterocycles. The SMILES string of the molecule is OCCC#Cc1ccnc(N2C3CCCC[C@H]3N[C@@H]3CN(c4ccc(C(F)(F)F)cc4)CCC32)c1. The number of aromatic nitrogens is 1. The molecule has 2 unspecified atom stereocenters. The molecule has 3 fully saturated rings. The van der Waals surface area contributed by atoms with E-state index in [1.54, 1.807) is 12.1 Å². The van der Waals surface area contributed by atoms with Crippen molar-refractivity contribution in [1.29, 1.82) is 0 Å². The summed E-state index contributed by atoms with van der Waals surface area (Å²) in [6, 6.07) is 10.7. The van der Waals surface area contributed by atoms with Gasteiger partial charge in [-0.3, -0.25) is 0 Å². The molecular weight excluding hydrogens is 453 g/mol. The minimum Gasteiger partial charge on any atom is -0.395 e. The van der Waals surface area contributed by atoms with Gasteiger partial charge in [-0.1, -0.05) is 24.7 Å². The van der Waals surface area contributed by atoms with E-state index in [9.17, 15) is 13.2 Å². The summed E-state index contributed by atoms with van der Waals surface area (Å²) in [5, 5.41) is 12.9. The molecule has 186 valence electrons. The van der Waals surface area contributed by atoms with E-state index >= 15 is 0 Å². The predicted octanol–water partition coefficient (Wildman–Crippen LogP) is 4.20. The largest absolute Gasteiger partial charge is 0.416 e. The van der Waals surface area contributed by atoms with Crippen molar-refractivity contribution in [1.82, 2.24) is 10.3 Å². The molecule has 35 heavy (non-hydrogen) atoms. The number of fused-ring (bicyclic) bond motifs is 2. The number of rotatable bonds is 3. The molecule has 2 aromatic rings. The molecule has 0 amide bonds. The lowest BCUT2D eigenvalue weighted by Gasteiger charge is -2.56. The maximum Gasteiger partial charge on any atom is 0.416 e. The van der Waals surface area contributed by atoms with Crippen LogP contribution in [0.5, 0.6) is 0 Å². The first kappa shape index (κ1) is 24.0. The predicted molar refractivity (Wildman–Crippen MR) is 130 cm³/mol. The van der Waals surface area contributed by atoms with E-state index in [4.69, 9.17) is 10.1 Å². The summed E-state index contributed by atoms with van der Waals surface area (Å²) >= 11 is 0. The fourth-order valence-corrected chi connectivity index (χ4v) is 5.89. The van der Waals surface area contributed by atoms with Crippen LogP contribution in [0.15, 0.2) is 42.6 Å². The Labute approximate surface area is 204 Å². The van der Waals surface area contributed by atoms with Crippen molar-refractivity contribution in [3.63, 3.8) is 0 Å². The molecule has 0 radical (unpaired) electrons. The Balaban J connectivity index is 1.39. The van der Waals surface area contributed by atoms with Crippen LogP contribution >= 0.6 is 0 Å². The number of hydrogen-bond donors (Lipinski definition) is 2. The number of aliphatic hydroxyl groups excluding tert-OH is 1. The fraction of sp³-hybridized carbons (Fsp3) is 0.519. The van der Waals surface area contributed by atoms with Crippen molar-refractivity contribution >= 4 is 11.5 Å². The number of aliphatic hydroxyl groups is 1. The second-order valence-electron chi connectivity index (χ2n) is 9.66. The zero-order valence-electron chi connectivity index (χ0n) is 19.6. The molecule has 1 aliphatic carbocycles. The van der Waals surface area contributed by atoms with E-state index in [2.05, 4.69) is 33.0 Å². The van der Waals surface area contributed by atoms with Crippen molar-refractivity contribution in [3.8, 4) is 11.8 Å². The monoisotopic (exact) mass is 484 g/mol. The number of nitrogens with zero attached hydrogens (tertiary/aromatic N) is 3. The first-order chi connectivity index (χ1) is 16.9. The van der Waals surface area contributed by atoms with Gasteiger partial charge >= 0.3 is 6.18 Å². The summed E-state index contributed by atoms with van der Waals surface area (Å²) in [7, 11) is 0. The molecule has 3 aliphatic rings. The van der Waals surface area contributed by atoms with Crippen LogP contribution in [0.25, 0.3) is 0 Å². The van der Waals surface area contributed by atoms with Gasteiger partial charge in [0.1, 0.15) is 5.82 Å². The summed E-state index contributed by atoms with van der Waals surface area (Å²) in [4.78, 5) is 9.44. The lowest BCUT2D eigenvalue weighted by atomic mass is 9.81. The lowest BCUT2D eigenvalue weighted by molar-refractivity contribution is -0.137. The maximum atomic E-state index is 13.0. The number of alkyl halides is 3. The molecule has 5 rings (SSSR count). The van der Waals surface area contributed by atoms with Crippen molar-refractivity contribution < 1.29 is 18.3 Å². The van der Waals surface area contributed by atoms with Crippen molar-refractivity contribution in [2.75, 3.05) is 29.5 Å². The zero-order chi connectivity index (χ0) is 24.4. The first-order valence-corrected chi connectivity index (χ1v) is 12.5. The van der Waals surface area contributed by atoms with Crippen molar-refractivity contribution in [2.45, 2.75) is 68.9 Å². The van der Waals surface area contributed by atoms with Gasteiger partial charge in [0.2, 0.25) is 0 Å². The first-order valence-electron chi connectivity index (χ1n) is 12.5. The number of benzene rings is 1. The normalized spacial score (nSPS) is 26.4. The minimum atomic E-state index is -4.32. The minimum absolute atomic E-state index is 0.0473. The molecule has 1 aromatic heterocycles. The molecule has 8 heteroatoms. The number of anilines is 2. The molecule has 3 heterocycles. The number of piperidine rings is 1. The van der Waals surface area contributed by atoms with Gasteiger partial charge in [0, 0.05) is 61.1 Å². The molecule has 1 aromatic carbocycles. The Bertz CT molecular complexity index is 1080. The third kappa shape index (κ3) is 5.12. The smallest absolute Gasteiger partial charge is 0.395 e. The topological polar surface area (TPSA) is 51.6 Å². The van der Waals surface area contributed by atoms with E-state index < -0.39 is 11.7 Å². The molecule has 0 bridgehead atoms. The molecule has 1 saturated carbocycles. The van der Waals surface area contributed by atoms with Gasteiger partial charge in [-0.25, -0.2) is 4.98 Å². The van der Waals surface area contributed by atoms with Crippen molar-refractivity contribution in [2.24, 2.45) is 0 Å². The van der Waals surface area contributed by atoms with Crippen LogP contribution in [0.3, 0.4) is 0 Å². The van der Waals surface area contributed by atoms with Gasteiger partial charge in [0.15, 0.2) is 0 Å². The highest BCUT2D eigenvalue weighted by molar-refractivity contribution is 5.53. The molecule has 2 N–H and O–H groups in total. The van der Waals surface area contributed by atoms with Crippen molar-refractivity contribution in [3.05, 3.63) is 53.7 Å². The number of pyridine rings is 1. The second-order valence-corrected chi connectivity index (χ2v) is 9.66. The number of piperazine rings is 1. The van der Waals surface area contributed by atoms with Crippen LogP contribution < -0.4 is 15.1 Å². The van der Waals surface area contributed by atoms with Crippen LogP contribution in [0.1, 0.15) is 49.7 Å². The van der Waals surface area contributed by atoms with Gasteiger partial charge in [-0.15, -0.1) is 0 Å². The van der Waals surface area contributed by atoms with E-state index in [0.717, 1.165) is 49.4 Å². The van der Waals surface area contributed by atoms with Crippen LogP contribution in [-0.2, 0) is 6.18 Å². The highest BCUT2D eigenvalue weighted by Gasteiger charge is 2.46. The Morgan fingerprint density at radius 2 is 1.80 bits per heavy atom. The molecule has 0 spiro atoms. The van der Waals surface area contributed by atoms with E-state index in [1.807, 2.05) is 12.3 Å². The fourth-order valence-electron chi connectivity index (χ4n) is 5.89. The standard InChI is InChI=1S/C27H31F3N4O/c28-27(29,30)20-8-10-21(11-9-20)33-15-13-25-23(18-33)32-22-6-1-2-7-24(22)34(25)26-17-19(12-14-31-26)5-3-4-16-35/h8-12,14,17,22-25,32,35H,1-2,4,6-7,13,15-16,18H2/t22-,23-,24?,25?/m1/s1. The zero-order valence-corrected chi connectivity index (χ0v) is 19.6. The Kier molecular flexibility index (Phi) is 6.90. The third-order valence-electron chi connectivity index (χ3n) is 7.49. The van der Waals surface area contributed by atoms with E-state index in [0.29, 0.717) is 18.5 Å². The summed E-state index contributed by atoms with van der Waals surface area (Å²) in [6.07, 6.45) is 3.45. The lowest BCUT2D eigenvalue weighted by Crippen LogP contribution is -2.72. The van der Waals surface area contributed by atoms with Gasteiger partial charge in [0.05, 0.1) is 12.2 Å². The van der Waals surface area contributed by atoms with Gasteiger partial charge in [-0.05, 0) is 55.7 Å². The molecule has 5 nitrogen and oxygen atoms in total. The van der Waals surface area contributed by atoms with Crippen LogP contribution in [-0.4, -0.2) is 54.0 Å². The van der Waals surface area contributed by atoms with Crippen LogP contribution in [0.2, 0.25) is 0 Å². The van der Waals surface area contributed by atoms with Crippen LogP contribution in [0, 0.1) is 11.8 Å². The summed E-state index contributed by atoms with van der Waals surface area (Å²) in [6.45, 7) is 1.56. The van der Waals surface area contributed by atoms with Gasteiger partial charge in [-0.2, -0.15) is 13.2 Å². The Morgan fingerprint density at radius 3 is 2.57 bits per heavy atom. The average molecular weight is 485 g/mol. The molecule has 2 aliphatic heterocycles. The Hall–Kier alpha value is -2.76. The average Bonchev–Trinajstić information content (AvgIpc) is 2.87. The summed E-state index contributed by atoms with van der Waals surface area (Å²) in [5.74, 6) is 7.07. The van der Waals surface area contributed by atoms with E-state index in [-0.39, 0.29) is 18.7 Å². The Morgan fingerprint density at radius 1 is 1.03 bits per heavy atom. The summed E-state index contributed by atoms with van der Waals surface area (Å²) in [5.41, 5.74) is 1.11. The maximum absolute atomic E-state index is 13.0. The number of nitrogens with one attached hydrogen (secondary N) is 1. The van der Waals surface area contributed by atoms with Gasteiger partial charge in [0.25, 0.3) is 0 Å².